The highest BCUT2D eigenvalue weighted by atomic mass is 16.3. The second kappa shape index (κ2) is 6.53. The molecule has 4 nitrogen and oxygen atoms in total. The summed E-state index contributed by atoms with van der Waals surface area (Å²) in [5, 5.41) is 15.6. The minimum atomic E-state index is -0.0169. The molecule has 0 aromatic rings. The number of carbonyl (C=O) groups excluding carboxylic acids is 1. The minimum absolute atomic E-state index is 0.0169. The van der Waals surface area contributed by atoms with E-state index in [1.165, 1.54) is 0 Å². The van der Waals surface area contributed by atoms with Gasteiger partial charge in [-0.2, -0.15) is 0 Å². The normalized spacial score (nSPS) is 26.7. The van der Waals surface area contributed by atoms with Crippen molar-refractivity contribution in [2.45, 2.75) is 59.0 Å². The van der Waals surface area contributed by atoms with Gasteiger partial charge in [-0.05, 0) is 38.1 Å². The Hall–Kier alpha value is -0.610. The van der Waals surface area contributed by atoms with Crippen molar-refractivity contribution in [3.63, 3.8) is 0 Å². The smallest absolute Gasteiger partial charge is 0.223 e. The van der Waals surface area contributed by atoms with Gasteiger partial charge in [-0.1, -0.05) is 20.8 Å². The zero-order valence-corrected chi connectivity index (χ0v) is 12.1. The highest BCUT2D eigenvalue weighted by Crippen LogP contribution is 2.23. The molecule has 106 valence electrons. The van der Waals surface area contributed by atoms with E-state index in [1.807, 2.05) is 0 Å². The van der Waals surface area contributed by atoms with E-state index in [1.54, 1.807) is 0 Å². The molecule has 1 rings (SSSR count). The third kappa shape index (κ3) is 4.58. The Labute approximate surface area is 111 Å². The topological polar surface area (TPSA) is 61.4 Å². The average Bonchev–Trinajstić information content (AvgIpc) is 2.27. The molecule has 0 aromatic heterocycles. The monoisotopic (exact) mass is 256 g/mol. The van der Waals surface area contributed by atoms with Crippen LogP contribution in [0.15, 0.2) is 0 Å². The molecule has 1 saturated heterocycles. The first kappa shape index (κ1) is 15.4. The number of amides is 1. The van der Waals surface area contributed by atoms with Crippen LogP contribution in [0.5, 0.6) is 0 Å². The lowest BCUT2D eigenvalue weighted by atomic mass is 9.84. The third-order valence-corrected chi connectivity index (χ3v) is 3.77. The number of aliphatic hydroxyl groups is 1. The Kier molecular flexibility index (Phi) is 5.60. The molecule has 0 radical (unpaired) electrons. The molecule has 0 aliphatic carbocycles. The standard InChI is InChI=1S/C14H28N2O2/c1-10-9-11(5-7-15-10)13(18)16-12(6-8-17)14(2,3)4/h10-12,15,17H,5-9H2,1-4H3,(H,16,18). The second-order valence-corrected chi connectivity index (χ2v) is 6.52. The van der Waals surface area contributed by atoms with Gasteiger partial charge in [0, 0.05) is 24.6 Å². The maximum atomic E-state index is 12.3. The first-order valence-electron chi connectivity index (χ1n) is 6.99. The van der Waals surface area contributed by atoms with Crippen LogP contribution in [0.1, 0.15) is 47.0 Å². The predicted molar refractivity (Wildman–Crippen MR) is 73.3 cm³/mol. The van der Waals surface area contributed by atoms with Gasteiger partial charge in [0.15, 0.2) is 0 Å². The van der Waals surface area contributed by atoms with Crippen molar-refractivity contribution < 1.29 is 9.90 Å². The number of carbonyl (C=O) groups is 1. The summed E-state index contributed by atoms with van der Waals surface area (Å²) in [7, 11) is 0. The summed E-state index contributed by atoms with van der Waals surface area (Å²) in [6.45, 7) is 9.44. The number of rotatable bonds is 4. The summed E-state index contributed by atoms with van der Waals surface area (Å²) in [5.74, 6) is 0.265. The van der Waals surface area contributed by atoms with Crippen LogP contribution in [0.4, 0.5) is 0 Å². The lowest BCUT2D eigenvalue weighted by Gasteiger charge is -2.34. The minimum Gasteiger partial charge on any atom is -0.396 e. The zero-order valence-electron chi connectivity index (χ0n) is 12.1. The van der Waals surface area contributed by atoms with Gasteiger partial charge >= 0.3 is 0 Å². The second-order valence-electron chi connectivity index (χ2n) is 6.52. The molecule has 4 heteroatoms. The fourth-order valence-corrected chi connectivity index (χ4v) is 2.51. The molecule has 1 aliphatic rings. The molecule has 0 aromatic carbocycles. The SMILES string of the molecule is CC1CC(C(=O)NC(CCO)C(C)(C)C)CCN1. The van der Waals surface area contributed by atoms with Crippen LogP contribution in [-0.2, 0) is 4.79 Å². The van der Waals surface area contributed by atoms with Crippen LogP contribution < -0.4 is 10.6 Å². The zero-order chi connectivity index (χ0) is 13.8. The summed E-state index contributed by atoms with van der Waals surface area (Å²) in [6, 6.07) is 0.459. The van der Waals surface area contributed by atoms with E-state index in [-0.39, 0.29) is 29.9 Å². The van der Waals surface area contributed by atoms with Crippen molar-refractivity contribution in [3.05, 3.63) is 0 Å². The van der Waals surface area contributed by atoms with Crippen LogP contribution >= 0.6 is 0 Å². The Morgan fingerprint density at radius 3 is 2.67 bits per heavy atom. The van der Waals surface area contributed by atoms with Crippen molar-refractivity contribution in [2.75, 3.05) is 13.2 Å². The number of piperidine rings is 1. The number of aliphatic hydroxyl groups excluding tert-OH is 1. The van der Waals surface area contributed by atoms with E-state index in [0.717, 1.165) is 19.4 Å². The van der Waals surface area contributed by atoms with Crippen LogP contribution in [0.25, 0.3) is 0 Å². The van der Waals surface area contributed by atoms with Crippen LogP contribution in [-0.4, -0.2) is 36.2 Å². The molecule has 1 amide bonds. The Morgan fingerprint density at radius 1 is 1.50 bits per heavy atom. The van der Waals surface area contributed by atoms with Gasteiger partial charge in [-0.3, -0.25) is 4.79 Å². The molecule has 0 spiro atoms. The Morgan fingerprint density at radius 2 is 2.17 bits per heavy atom. The van der Waals surface area contributed by atoms with E-state index < -0.39 is 0 Å². The molecule has 18 heavy (non-hydrogen) atoms. The van der Waals surface area contributed by atoms with Gasteiger partial charge in [-0.15, -0.1) is 0 Å². The molecular formula is C14H28N2O2. The van der Waals surface area contributed by atoms with E-state index in [2.05, 4.69) is 38.3 Å². The molecular weight excluding hydrogens is 228 g/mol. The first-order chi connectivity index (χ1) is 8.34. The summed E-state index contributed by atoms with van der Waals surface area (Å²) in [4.78, 5) is 12.3. The van der Waals surface area contributed by atoms with Crippen LogP contribution in [0.3, 0.4) is 0 Å². The van der Waals surface area contributed by atoms with Crippen LogP contribution in [0.2, 0.25) is 0 Å². The summed E-state index contributed by atoms with van der Waals surface area (Å²) in [5.41, 5.74) is -0.0169. The fraction of sp³-hybridized carbons (Fsp3) is 0.929. The van der Waals surface area contributed by atoms with Crippen molar-refractivity contribution in [2.24, 2.45) is 11.3 Å². The van der Waals surface area contributed by atoms with Gasteiger partial charge in [0.1, 0.15) is 0 Å². The van der Waals surface area contributed by atoms with Gasteiger partial charge in [0.25, 0.3) is 0 Å². The molecule has 1 aliphatic heterocycles. The van der Waals surface area contributed by atoms with E-state index in [4.69, 9.17) is 5.11 Å². The Balaban J connectivity index is 2.55. The van der Waals surface area contributed by atoms with Crippen molar-refractivity contribution >= 4 is 5.91 Å². The third-order valence-electron chi connectivity index (χ3n) is 3.77. The van der Waals surface area contributed by atoms with Crippen molar-refractivity contribution in [3.8, 4) is 0 Å². The Bertz CT molecular complexity index is 273. The highest BCUT2D eigenvalue weighted by molar-refractivity contribution is 5.79. The van der Waals surface area contributed by atoms with Crippen LogP contribution in [0, 0.1) is 11.3 Å². The molecule has 3 atom stereocenters. The van der Waals surface area contributed by atoms with Crippen molar-refractivity contribution in [1.29, 1.82) is 0 Å². The largest absolute Gasteiger partial charge is 0.396 e. The summed E-state index contributed by atoms with van der Waals surface area (Å²) in [6.07, 6.45) is 2.43. The number of hydrogen-bond acceptors (Lipinski definition) is 3. The predicted octanol–water partition coefficient (Wildman–Crippen LogP) is 1.29. The molecule has 1 fully saturated rings. The molecule has 0 bridgehead atoms. The van der Waals surface area contributed by atoms with Crippen molar-refractivity contribution in [1.82, 2.24) is 10.6 Å². The first-order valence-corrected chi connectivity index (χ1v) is 6.99. The maximum Gasteiger partial charge on any atom is 0.223 e. The quantitative estimate of drug-likeness (QED) is 0.710. The van der Waals surface area contributed by atoms with E-state index in [0.29, 0.717) is 12.5 Å². The maximum absolute atomic E-state index is 12.3. The fourth-order valence-electron chi connectivity index (χ4n) is 2.51. The lowest BCUT2D eigenvalue weighted by molar-refractivity contribution is -0.127. The van der Waals surface area contributed by atoms with Gasteiger partial charge in [0.05, 0.1) is 0 Å². The van der Waals surface area contributed by atoms with Gasteiger partial charge in [0.2, 0.25) is 5.91 Å². The molecule has 3 N–H and O–H groups in total. The molecule has 0 saturated carbocycles. The lowest BCUT2D eigenvalue weighted by Crippen LogP contribution is -2.49. The summed E-state index contributed by atoms with van der Waals surface area (Å²) >= 11 is 0. The molecule has 3 unspecified atom stereocenters. The van der Waals surface area contributed by atoms with Gasteiger partial charge < -0.3 is 15.7 Å². The van der Waals surface area contributed by atoms with E-state index >= 15 is 0 Å². The summed E-state index contributed by atoms with van der Waals surface area (Å²) < 4.78 is 0. The average molecular weight is 256 g/mol. The molecule has 1 heterocycles. The van der Waals surface area contributed by atoms with E-state index in [9.17, 15) is 4.79 Å². The number of hydrogen-bond donors (Lipinski definition) is 3. The number of nitrogens with one attached hydrogen (secondary N) is 2. The van der Waals surface area contributed by atoms with Gasteiger partial charge in [-0.25, -0.2) is 0 Å². The highest BCUT2D eigenvalue weighted by Gasteiger charge is 2.30.